The van der Waals surface area contributed by atoms with E-state index in [1.54, 1.807) is 18.5 Å². The third-order valence-corrected chi connectivity index (χ3v) is 7.20. The van der Waals surface area contributed by atoms with Crippen LogP contribution in [-0.4, -0.2) is 39.3 Å². The smallest absolute Gasteiger partial charge is 0.250 e. The second-order valence-electron chi connectivity index (χ2n) is 9.02. The maximum absolute atomic E-state index is 12.0. The van der Waals surface area contributed by atoms with Crippen LogP contribution in [0.2, 0.25) is 5.02 Å². The minimum absolute atomic E-state index is 0.0570. The van der Waals surface area contributed by atoms with E-state index in [0.717, 1.165) is 34.0 Å². The third kappa shape index (κ3) is 4.88. The number of hydrogen-bond acceptors (Lipinski definition) is 5. The van der Waals surface area contributed by atoms with E-state index in [-0.39, 0.29) is 24.6 Å². The normalized spacial score (nSPS) is 16.9. The fraction of sp³-hybridized carbons (Fsp3) is 0.214. The largest absolute Gasteiger partial charge is 0.375 e. The molecule has 4 aromatic rings. The van der Waals surface area contributed by atoms with Crippen LogP contribution in [-0.2, 0) is 9.53 Å². The molecule has 1 amide bonds. The number of halogens is 1. The van der Waals surface area contributed by atoms with Crippen molar-refractivity contribution in [1.29, 1.82) is 0 Å². The number of thiocarbonyl (C=S) groups is 1. The van der Waals surface area contributed by atoms with E-state index in [9.17, 15) is 4.79 Å². The van der Waals surface area contributed by atoms with Gasteiger partial charge in [0.25, 0.3) is 0 Å². The first-order valence-electron chi connectivity index (χ1n) is 12.1. The van der Waals surface area contributed by atoms with Crippen LogP contribution in [0.3, 0.4) is 0 Å². The molecule has 1 aliphatic rings. The highest BCUT2D eigenvalue weighted by Gasteiger charge is 2.42. The maximum Gasteiger partial charge on any atom is 0.250 e. The first-order valence-corrected chi connectivity index (χ1v) is 12.9. The number of rotatable bonds is 7. The van der Waals surface area contributed by atoms with Gasteiger partial charge in [0.2, 0.25) is 5.91 Å². The molecule has 2 N–H and O–H groups in total. The Bertz CT molecular complexity index is 1480. The topological polar surface area (TPSA) is 84.3 Å². The van der Waals surface area contributed by atoms with Gasteiger partial charge in [-0.05, 0) is 80.2 Å². The standard InChI is InChI=1S/C28H27ClN6O2S/c1-17-13-21(18(2)34(17)20-7-6-11-30-15-20)27-26(24-8-4-5-12-31-24)33-28(38)35(27)19-9-10-23(22(29)14-19)32-25(36)16-37-3/h4-15,26-27H,16H2,1-3H3,(H,32,36)(H,33,38). The predicted molar refractivity (Wildman–Crippen MR) is 153 cm³/mol. The lowest BCUT2D eigenvalue weighted by Crippen LogP contribution is -2.29. The molecule has 8 nitrogen and oxygen atoms in total. The van der Waals surface area contributed by atoms with Crippen molar-refractivity contribution in [3.8, 4) is 5.69 Å². The number of carbonyl (C=O) groups is 1. The van der Waals surface area contributed by atoms with Crippen molar-refractivity contribution in [3.05, 3.63) is 101 Å². The van der Waals surface area contributed by atoms with Gasteiger partial charge in [0.15, 0.2) is 5.11 Å². The average molecular weight is 547 g/mol. The highest BCUT2D eigenvalue weighted by molar-refractivity contribution is 7.80. The summed E-state index contributed by atoms with van der Waals surface area (Å²) in [6.07, 6.45) is 5.40. The highest BCUT2D eigenvalue weighted by Crippen LogP contribution is 2.44. The van der Waals surface area contributed by atoms with E-state index in [4.69, 9.17) is 28.6 Å². The molecule has 5 rings (SSSR count). The number of anilines is 2. The summed E-state index contributed by atoms with van der Waals surface area (Å²) in [5, 5.41) is 7.22. The Hall–Kier alpha value is -3.79. The molecule has 1 saturated heterocycles. The van der Waals surface area contributed by atoms with Crippen LogP contribution in [0.5, 0.6) is 0 Å². The Morgan fingerprint density at radius 2 is 1.97 bits per heavy atom. The number of aromatic nitrogens is 3. The Balaban J connectivity index is 1.60. The molecule has 2 atom stereocenters. The van der Waals surface area contributed by atoms with Gasteiger partial charge in [-0.15, -0.1) is 0 Å². The van der Waals surface area contributed by atoms with Gasteiger partial charge in [-0.25, -0.2) is 0 Å². The molecule has 3 aromatic heterocycles. The summed E-state index contributed by atoms with van der Waals surface area (Å²) in [5.74, 6) is -0.281. The quantitative estimate of drug-likeness (QED) is 0.304. The summed E-state index contributed by atoms with van der Waals surface area (Å²) in [5.41, 5.74) is 6.42. The number of amides is 1. The molecule has 1 fully saturated rings. The van der Waals surface area contributed by atoms with Crippen molar-refractivity contribution in [1.82, 2.24) is 19.9 Å². The van der Waals surface area contributed by atoms with E-state index in [1.807, 2.05) is 48.7 Å². The van der Waals surface area contributed by atoms with Crippen molar-refractivity contribution in [3.63, 3.8) is 0 Å². The maximum atomic E-state index is 12.0. The number of aryl methyl sites for hydroxylation is 1. The first kappa shape index (κ1) is 25.8. The summed E-state index contributed by atoms with van der Waals surface area (Å²) >= 11 is 12.5. The van der Waals surface area contributed by atoms with Gasteiger partial charge in [-0.3, -0.25) is 14.8 Å². The van der Waals surface area contributed by atoms with Crippen molar-refractivity contribution in [2.24, 2.45) is 0 Å². The molecule has 1 aliphatic heterocycles. The van der Waals surface area contributed by atoms with Gasteiger partial charge in [-0.2, -0.15) is 0 Å². The van der Waals surface area contributed by atoms with Crippen LogP contribution in [0.25, 0.3) is 5.69 Å². The summed E-state index contributed by atoms with van der Waals surface area (Å²) < 4.78 is 7.10. The number of benzene rings is 1. The van der Waals surface area contributed by atoms with Crippen LogP contribution >= 0.6 is 23.8 Å². The number of carbonyl (C=O) groups excluding carboxylic acids is 1. The summed E-state index contributed by atoms with van der Waals surface area (Å²) in [6.45, 7) is 4.13. The first-order chi connectivity index (χ1) is 18.4. The SMILES string of the molecule is COCC(=O)Nc1ccc(N2C(=S)NC(c3ccccn3)C2c2cc(C)n(-c3cccnc3)c2C)cc1Cl. The Labute approximate surface area is 231 Å². The fourth-order valence-corrected chi connectivity index (χ4v) is 5.56. The molecule has 10 heteroatoms. The molecule has 194 valence electrons. The number of pyridine rings is 2. The summed E-state index contributed by atoms with van der Waals surface area (Å²) in [6, 6.07) is 17.1. The van der Waals surface area contributed by atoms with E-state index in [2.05, 4.69) is 50.0 Å². The van der Waals surface area contributed by atoms with Gasteiger partial charge >= 0.3 is 0 Å². The highest BCUT2D eigenvalue weighted by atomic mass is 35.5. The van der Waals surface area contributed by atoms with Gasteiger partial charge in [0, 0.05) is 36.6 Å². The van der Waals surface area contributed by atoms with Crippen molar-refractivity contribution >= 4 is 46.2 Å². The minimum atomic E-state index is -0.281. The van der Waals surface area contributed by atoms with E-state index in [0.29, 0.717) is 15.8 Å². The molecule has 0 saturated carbocycles. The zero-order valence-corrected chi connectivity index (χ0v) is 22.8. The van der Waals surface area contributed by atoms with Gasteiger partial charge in [0.05, 0.1) is 40.4 Å². The predicted octanol–water partition coefficient (Wildman–Crippen LogP) is 5.30. The van der Waals surface area contributed by atoms with Gasteiger partial charge in [0.1, 0.15) is 6.61 Å². The van der Waals surface area contributed by atoms with Crippen LogP contribution in [0.1, 0.15) is 34.7 Å². The Morgan fingerprint density at radius 1 is 1.13 bits per heavy atom. The zero-order valence-electron chi connectivity index (χ0n) is 21.2. The zero-order chi connectivity index (χ0) is 26.8. The molecule has 4 heterocycles. The van der Waals surface area contributed by atoms with Crippen molar-refractivity contribution in [2.75, 3.05) is 23.9 Å². The second-order valence-corrected chi connectivity index (χ2v) is 9.81. The van der Waals surface area contributed by atoms with Crippen LogP contribution in [0, 0.1) is 13.8 Å². The van der Waals surface area contributed by atoms with Crippen LogP contribution in [0.15, 0.2) is 73.2 Å². The van der Waals surface area contributed by atoms with E-state index in [1.165, 1.54) is 7.11 Å². The summed E-state index contributed by atoms with van der Waals surface area (Å²) in [7, 11) is 1.47. The van der Waals surface area contributed by atoms with Crippen molar-refractivity contribution < 1.29 is 9.53 Å². The molecule has 0 bridgehead atoms. The van der Waals surface area contributed by atoms with Crippen LogP contribution < -0.4 is 15.5 Å². The molecule has 0 spiro atoms. The number of nitrogens with one attached hydrogen (secondary N) is 2. The Kier molecular flexibility index (Phi) is 7.42. The Morgan fingerprint density at radius 3 is 2.66 bits per heavy atom. The number of ether oxygens (including phenoxy) is 1. The average Bonchev–Trinajstić information content (AvgIpc) is 3.41. The van der Waals surface area contributed by atoms with Gasteiger partial charge < -0.3 is 24.8 Å². The number of hydrogen-bond donors (Lipinski definition) is 2. The molecule has 38 heavy (non-hydrogen) atoms. The molecular weight excluding hydrogens is 520 g/mol. The van der Waals surface area contributed by atoms with E-state index >= 15 is 0 Å². The van der Waals surface area contributed by atoms with Crippen molar-refractivity contribution in [2.45, 2.75) is 25.9 Å². The van der Waals surface area contributed by atoms with E-state index < -0.39 is 0 Å². The van der Waals surface area contributed by atoms with Crippen LogP contribution in [0.4, 0.5) is 11.4 Å². The third-order valence-electron chi connectivity index (χ3n) is 6.57. The molecule has 0 aliphatic carbocycles. The molecule has 0 radical (unpaired) electrons. The lowest BCUT2D eigenvalue weighted by molar-refractivity contribution is -0.119. The summed E-state index contributed by atoms with van der Waals surface area (Å²) in [4.78, 5) is 23.1. The molecule has 1 aromatic carbocycles. The number of methoxy groups -OCH3 is 1. The monoisotopic (exact) mass is 546 g/mol. The minimum Gasteiger partial charge on any atom is -0.375 e. The lowest BCUT2D eigenvalue weighted by Gasteiger charge is -2.28. The molecular formula is C28H27ClN6O2S. The fourth-order valence-electron chi connectivity index (χ4n) is 4.99. The lowest BCUT2D eigenvalue weighted by atomic mass is 9.96. The number of nitrogens with zero attached hydrogens (tertiary/aromatic N) is 4. The van der Waals surface area contributed by atoms with Gasteiger partial charge in [-0.1, -0.05) is 17.7 Å². The second kappa shape index (κ2) is 10.9. The molecule has 2 unspecified atom stereocenters.